The molecule has 0 atom stereocenters. The molecule has 0 aromatic carbocycles. The Balaban J connectivity index is 3.36. The molecule has 10 heteroatoms. The molecule has 7 nitrogen and oxygen atoms in total. The molecule has 0 amide bonds. The molecule has 19 heavy (non-hydrogen) atoms. The summed E-state index contributed by atoms with van der Waals surface area (Å²) in [5.41, 5.74) is -0.934. The van der Waals surface area contributed by atoms with E-state index in [1.54, 1.807) is 0 Å². The van der Waals surface area contributed by atoms with Crippen molar-refractivity contribution in [1.82, 2.24) is 14.3 Å². The van der Waals surface area contributed by atoms with Crippen molar-refractivity contribution in [2.75, 3.05) is 20.7 Å². The van der Waals surface area contributed by atoms with E-state index in [-0.39, 0.29) is 6.61 Å². The van der Waals surface area contributed by atoms with Crippen LogP contribution in [0.5, 0.6) is 0 Å². The van der Waals surface area contributed by atoms with E-state index in [0.29, 0.717) is 0 Å². The van der Waals surface area contributed by atoms with E-state index in [9.17, 15) is 22.0 Å². The molecule has 0 unspecified atom stereocenters. The SMILES string of the molecule is CCOC(=O)c1nc(S(=O)(=O)N(C)C)c(C(F)F)[nH]1. The van der Waals surface area contributed by atoms with Crippen molar-refractivity contribution in [3.05, 3.63) is 11.5 Å². The van der Waals surface area contributed by atoms with Crippen LogP contribution in [0.4, 0.5) is 8.78 Å². The van der Waals surface area contributed by atoms with Crippen molar-refractivity contribution >= 4 is 16.0 Å². The van der Waals surface area contributed by atoms with Crippen LogP contribution < -0.4 is 0 Å². The molecule has 1 rings (SSSR count). The molecular formula is C9H13F2N3O4S. The van der Waals surface area contributed by atoms with Gasteiger partial charge in [-0.1, -0.05) is 0 Å². The van der Waals surface area contributed by atoms with E-state index in [2.05, 4.69) is 9.72 Å². The van der Waals surface area contributed by atoms with Gasteiger partial charge in [-0.05, 0) is 6.92 Å². The lowest BCUT2D eigenvalue weighted by Gasteiger charge is -2.09. The molecule has 0 spiro atoms. The quantitative estimate of drug-likeness (QED) is 0.811. The molecule has 0 radical (unpaired) electrons. The summed E-state index contributed by atoms with van der Waals surface area (Å²) in [4.78, 5) is 16.7. The molecule has 0 bridgehead atoms. The number of alkyl halides is 2. The van der Waals surface area contributed by atoms with Gasteiger partial charge in [0.05, 0.1) is 6.61 Å². The minimum Gasteiger partial charge on any atom is -0.460 e. The van der Waals surface area contributed by atoms with Crippen LogP contribution in [0.25, 0.3) is 0 Å². The first-order valence-electron chi connectivity index (χ1n) is 5.19. The highest BCUT2D eigenvalue weighted by molar-refractivity contribution is 7.89. The summed E-state index contributed by atoms with van der Waals surface area (Å²) in [6.45, 7) is 1.53. The number of imidazole rings is 1. The standard InChI is InChI=1S/C9H13F2N3O4S/c1-4-18-9(15)7-12-5(6(10)11)8(13-7)19(16,17)14(2)3/h6H,4H2,1-3H3,(H,12,13). The largest absolute Gasteiger partial charge is 0.460 e. The highest BCUT2D eigenvalue weighted by atomic mass is 32.2. The molecule has 0 aliphatic heterocycles. The molecule has 1 aromatic heterocycles. The summed E-state index contributed by atoms with van der Waals surface area (Å²) in [6, 6.07) is 0. The van der Waals surface area contributed by atoms with E-state index in [1.165, 1.54) is 21.0 Å². The lowest BCUT2D eigenvalue weighted by molar-refractivity contribution is 0.0512. The van der Waals surface area contributed by atoms with E-state index in [1.807, 2.05) is 4.98 Å². The number of rotatable bonds is 5. The second-order valence-corrected chi connectivity index (χ2v) is 5.68. The average Bonchev–Trinajstić information content (AvgIpc) is 2.74. The zero-order chi connectivity index (χ0) is 14.8. The van der Waals surface area contributed by atoms with Crippen LogP contribution in [0.1, 0.15) is 29.7 Å². The number of esters is 1. The van der Waals surface area contributed by atoms with Crippen molar-refractivity contribution in [3.8, 4) is 0 Å². The second-order valence-electron chi connectivity index (χ2n) is 3.61. The number of nitrogens with zero attached hydrogens (tertiary/aromatic N) is 2. The Bertz CT molecular complexity index is 568. The fraction of sp³-hybridized carbons (Fsp3) is 0.556. The number of hydrogen-bond donors (Lipinski definition) is 1. The van der Waals surface area contributed by atoms with Crippen LogP contribution in [-0.4, -0.2) is 49.4 Å². The number of aromatic amines is 1. The van der Waals surface area contributed by atoms with Crippen LogP contribution in [0.2, 0.25) is 0 Å². The third kappa shape index (κ3) is 3.07. The van der Waals surface area contributed by atoms with Crippen molar-refractivity contribution < 1.29 is 26.7 Å². The number of carbonyl (C=O) groups excluding carboxylic acids is 1. The number of carbonyl (C=O) groups is 1. The summed E-state index contributed by atoms with van der Waals surface area (Å²) >= 11 is 0. The molecule has 108 valence electrons. The summed E-state index contributed by atoms with van der Waals surface area (Å²) in [7, 11) is -1.84. The monoisotopic (exact) mass is 297 g/mol. The van der Waals surface area contributed by atoms with Crippen molar-refractivity contribution in [3.63, 3.8) is 0 Å². The van der Waals surface area contributed by atoms with Gasteiger partial charge in [0.25, 0.3) is 16.4 Å². The zero-order valence-corrected chi connectivity index (χ0v) is 11.3. The smallest absolute Gasteiger partial charge is 0.374 e. The minimum atomic E-state index is -4.18. The maximum Gasteiger partial charge on any atom is 0.374 e. The molecule has 1 heterocycles. The van der Waals surface area contributed by atoms with Crippen molar-refractivity contribution in [2.24, 2.45) is 0 Å². The van der Waals surface area contributed by atoms with Gasteiger partial charge in [0.2, 0.25) is 5.82 Å². The predicted octanol–water partition coefficient (Wildman–Crippen LogP) is 0.774. The van der Waals surface area contributed by atoms with Crippen LogP contribution in [0.15, 0.2) is 5.03 Å². The predicted molar refractivity (Wildman–Crippen MR) is 60.4 cm³/mol. The molecule has 0 fully saturated rings. The number of sulfonamides is 1. The first kappa shape index (κ1) is 15.5. The third-order valence-electron chi connectivity index (χ3n) is 2.11. The van der Waals surface area contributed by atoms with Gasteiger partial charge in [0, 0.05) is 14.1 Å². The first-order valence-corrected chi connectivity index (χ1v) is 6.63. The van der Waals surface area contributed by atoms with E-state index >= 15 is 0 Å². The Morgan fingerprint density at radius 1 is 1.47 bits per heavy atom. The van der Waals surface area contributed by atoms with Gasteiger partial charge < -0.3 is 9.72 Å². The van der Waals surface area contributed by atoms with Gasteiger partial charge in [0.15, 0.2) is 5.03 Å². The van der Waals surface area contributed by atoms with E-state index < -0.39 is 39.0 Å². The molecule has 0 saturated carbocycles. The topological polar surface area (TPSA) is 92.4 Å². The number of halogens is 2. The van der Waals surface area contributed by atoms with Gasteiger partial charge in [-0.3, -0.25) is 0 Å². The number of aromatic nitrogens is 2. The number of hydrogen-bond acceptors (Lipinski definition) is 5. The van der Waals surface area contributed by atoms with Crippen molar-refractivity contribution in [2.45, 2.75) is 18.4 Å². The fourth-order valence-corrected chi connectivity index (χ4v) is 2.15. The van der Waals surface area contributed by atoms with Crippen LogP contribution in [0, 0.1) is 0 Å². The van der Waals surface area contributed by atoms with Gasteiger partial charge in [0.1, 0.15) is 5.69 Å². The third-order valence-corrected chi connectivity index (χ3v) is 3.87. The van der Waals surface area contributed by atoms with E-state index in [0.717, 1.165) is 4.31 Å². The van der Waals surface area contributed by atoms with Crippen LogP contribution in [-0.2, 0) is 14.8 Å². The van der Waals surface area contributed by atoms with E-state index in [4.69, 9.17) is 0 Å². The van der Waals surface area contributed by atoms with Crippen LogP contribution in [0.3, 0.4) is 0 Å². The molecule has 0 aliphatic carbocycles. The minimum absolute atomic E-state index is 0.0132. The van der Waals surface area contributed by atoms with Gasteiger partial charge >= 0.3 is 5.97 Å². The lowest BCUT2D eigenvalue weighted by atomic mass is 10.5. The summed E-state index contributed by atoms with van der Waals surface area (Å²) < 4.78 is 54.5. The normalized spacial score (nSPS) is 12.2. The lowest BCUT2D eigenvalue weighted by Crippen LogP contribution is -2.23. The maximum atomic E-state index is 12.8. The van der Waals surface area contributed by atoms with Gasteiger partial charge in [-0.15, -0.1) is 0 Å². The number of H-pyrrole nitrogens is 1. The second kappa shape index (κ2) is 5.61. The zero-order valence-electron chi connectivity index (χ0n) is 10.5. The highest BCUT2D eigenvalue weighted by Crippen LogP contribution is 2.26. The van der Waals surface area contributed by atoms with Crippen LogP contribution >= 0.6 is 0 Å². The average molecular weight is 297 g/mol. The molecular weight excluding hydrogens is 284 g/mol. The number of ether oxygens (including phenoxy) is 1. The van der Waals surface area contributed by atoms with Crippen molar-refractivity contribution in [1.29, 1.82) is 0 Å². The maximum absolute atomic E-state index is 12.8. The summed E-state index contributed by atoms with van der Waals surface area (Å²) in [5.74, 6) is -1.57. The fourth-order valence-electron chi connectivity index (χ4n) is 1.18. The van der Waals surface area contributed by atoms with Gasteiger partial charge in [-0.25, -0.2) is 31.3 Å². The Morgan fingerprint density at radius 2 is 2.05 bits per heavy atom. The summed E-state index contributed by atoms with van der Waals surface area (Å²) in [6.07, 6.45) is -3.11. The molecule has 0 saturated heterocycles. The Labute approximate surface area is 108 Å². The Kier molecular flexibility index (Phi) is 4.58. The first-order chi connectivity index (χ1) is 8.71. The molecule has 1 aromatic rings. The summed E-state index contributed by atoms with van der Waals surface area (Å²) in [5, 5.41) is -0.879. The highest BCUT2D eigenvalue weighted by Gasteiger charge is 2.32. The Morgan fingerprint density at radius 3 is 2.47 bits per heavy atom. The van der Waals surface area contributed by atoms with Gasteiger partial charge in [-0.2, -0.15) is 0 Å². The molecule has 0 aliphatic rings. The number of nitrogens with one attached hydrogen (secondary N) is 1. The Hall–Kier alpha value is -1.55. The molecule has 1 N–H and O–H groups in total.